The minimum absolute atomic E-state index is 0.0441. The average molecular weight is 225 g/mol. The Balaban J connectivity index is 2.49. The Morgan fingerprint density at radius 3 is 2.80 bits per heavy atom. The zero-order valence-corrected chi connectivity index (χ0v) is 8.38. The Bertz CT molecular complexity index is 473. The molecule has 5 heteroatoms. The molecule has 1 saturated carbocycles. The number of Topliss-reactive ketones (excluding diaryl/α,β-unsaturated/α-hetero) is 1. The molecule has 3 nitrogen and oxygen atoms in total. The van der Waals surface area contributed by atoms with Crippen LogP contribution in [0.15, 0.2) is 12.3 Å². The average Bonchev–Trinajstić information content (AvgIpc) is 2.17. The summed E-state index contributed by atoms with van der Waals surface area (Å²) in [6.07, 6.45) is 1.26. The molecule has 0 aromatic carbocycles. The Morgan fingerprint density at radius 1 is 1.60 bits per heavy atom. The van der Waals surface area contributed by atoms with Crippen LogP contribution >= 0.6 is 11.6 Å². The van der Waals surface area contributed by atoms with Crippen LogP contribution in [0.25, 0.3) is 0 Å². The highest BCUT2D eigenvalue weighted by molar-refractivity contribution is 6.30. The van der Waals surface area contributed by atoms with E-state index in [0.29, 0.717) is 0 Å². The van der Waals surface area contributed by atoms with Gasteiger partial charge in [0.2, 0.25) is 5.95 Å². The van der Waals surface area contributed by atoms with Crippen molar-refractivity contribution in [2.75, 3.05) is 0 Å². The summed E-state index contributed by atoms with van der Waals surface area (Å²) in [7, 11) is 0. The number of hydrogen-bond acceptors (Lipinski definition) is 3. The fraction of sp³-hybridized carbons (Fsp3) is 0.300. The van der Waals surface area contributed by atoms with Gasteiger partial charge in [0.25, 0.3) is 0 Å². The SMILES string of the molecule is N#CC1(c2cc(Cl)cnc2F)CC(=O)C1. The molecule has 0 saturated heterocycles. The minimum Gasteiger partial charge on any atom is -0.300 e. The zero-order chi connectivity index (χ0) is 11.1. The number of halogens is 2. The normalized spacial score (nSPS) is 18.1. The second kappa shape index (κ2) is 3.28. The predicted molar refractivity (Wildman–Crippen MR) is 50.7 cm³/mol. The molecular formula is C10H6ClFN2O. The van der Waals surface area contributed by atoms with Crippen molar-refractivity contribution in [2.24, 2.45) is 0 Å². The molecule has 1 aromatic rings. The van der Waals surface area contributed by atoms with E-state index in [4.69, 9.17) is 16.9 Å². The molecule has 1 heterocycles. The third-order valence-electron chi connectivity index (χ3n) is 2.53. The van der Waals surface area contributed by atoms with Crippen LogP contribution in [0, 0.1) is 17.3 Å². The number of ketones is 1. The highest BCUT2D eigenvalue weighted by Crippen LogP contribution is 2.41. The van der Waals surface area contributed by atoms with Crippen LogP contribution < -0.4 is 0 Å². The van der Waals surface area contributed by atoms with E-state index in [1.807, 2.05) is 6.07 Å². The quantitative estimate of drug-likeness (QED) is 0.686. The summed E-state index contributed by atoms with van der Waals surface area (Å²) in [4.78, 5) is 14.4. The maximum absolute atomic E-state index is 13.4. The van der Waals surface area contributed by atoms with Gasteiger partial charge in [-0.15, -0.1) is 0 Å². The van der Waals surface area contributed by atoms with Crippen LogP contribution in [0.2, 0.25) is 5.02 Å². The summed E-state index contributed by atoms with van der Waals surface area (Å²) < 4.78 is 13.4. The Labute approximate surface area is 90.5 Å². The summed E-state index contributed by atoms with van der Waals surface area (Å²) >= 11 is 5.67. The van der Waals surface area contributed by atoms with E-state index in [2.05, 4.69) is 4.98 Å². The van der Waals surface area contributed by atoms with Crippen molar-refractivity contribution in [1.29, 1.82) is 5.26 Å². The first kappa shape index (κ1) is 10.1. The highest BCUT2D eigenvalue weighted by Gasteiger charge is 2.47. The number of nitrogens with zero attached hydrogens (tertiary/aromatic N) is 2. The third-order valence-corrected chi connectivity index (χ3v) is 2.74. The first-order valence-electron chi connectivity index (χ1n) is 4.32. The summed E-state index contributed by atoms with van der Waals surface area (Å²) in [5, 5.41) is 9.25. The number of hydrogen-bond donors (Lipinski definition) is 0. The molecule has 2 rings (SSSR count). The van der Waals surface area contributed by atoms with Gasteiger partial charge in [0.05, 0.1) is 11.1 Å². The first-order chi connectivity index (χ1) is 7.07. The molecule has 0 amide bonds. The topological polar surface area (TPSA) is 53.8 Å². The third kappa shape index (κ3) is 1.49. The van der Waals surface area contributed by atoms with Crippen molar-refractivity contribution < 1.29 is 9.18 Å². The van der Waals surface area contributed by atoms with Crippen molar-refractivity contribution in [3.8, 4) is 6.07 Å². The molecule has 1 fully saturated rings. The number of rotatable bonds is 1. The van der Waals surface area contributed by atoms with Crippen molar-refractivity contribution in [2.45, 2.75) is 18.3 Å². The van der Waals surface area contributed by atoms with Crippen molar-refractivity contribution >= 4 is 17.4 Å². The van der Waals surface area contributed by atoms with Crippen LogP contribution in [0.5, 0.6) is 0 Å². The fourth-order valence-electron chi connectivity index (χ4n) is 1.71. The lowest BCUT2D eigenvalue weighted by Crippen LogP contribution is -2.41. The molecule has 0 atom stereocenters. The van der Waals surface area contributed by atoms with Gasteiger partial charge in [-0.2, -0.15) is 9.65 Å². The number of carbonyl (C=O) groups is 1. The van der Waals surface area contributed by atoms with E-state index in [0.717, 1.165) is 0 Å². The van der Waals surface area contributed by atoms with Gasteiger partial charge in [0, 0.05) is 24.6 Å². The predicted octanol–water partition coefficient (Wildman–Crippen LogP) is 2.00. The summed E-state index contributed by atoms with van der Waals surface area (Å²) in [6.45, 7) is 0. The fourth-order valence-corrected chi connectivity index (χ4v) is 1.87. The largest absolute Gasteiger partial charge is 0.300 e. The number of nitriles is 1. The van der Waals surface area contributed by atoms with Gasteiger partial charge in [0.15, 0.2) is 0 Å². The van der Waals surface area contributed by atoms with Gasteiger partial charge in [-0.3, -0.25) is 4.79 Å². The first-order valence-corrected chi connectivity index (χ1v) is 4.70. The second-order valence-electron chi connectivity index (χ2n) is 3.58. The molecule has 0 aliphatic heterocycles. The minimum atomic E-state index is -1.06. The van der Waals surface area contributed by atoms with Gasteiger partial charge < -0.3 is 0 Å². The lowest BCUT2D eigenvalue weighted by molar-refractivity contribution is -0.126. The van der Waals surface area contributed by atoms with Crippen LogP contribution in [0.1, 0.15) is 18.4 Å². The molecule has 0 spiro atoms. The lowest BCUT2D eigenvalue weighted by Gasteiger charge is -2.33. The molecule has 0 unspecified atom stereocenters. The Morgan fingerprint density at radius 2 is 2.27 bits per heavy atom. The van der Waals surface area contributed by atoms with E-state index in [-0.39, 0.29) is 29.2 Å². The van der Waals surface area contributed by atoms with E-state index in [1.54, 1.807) is 0 Å². The van der Waals surface area contributed by atoms with Gasteiger partial charge >= 0.3 is 0 Å². The van der Waals surface area contributed by atoms with Crippen LogP contribution in [0.4, 0.5) is 4.39 Å². The molecule has 76 valence electrons. The summed E-state index contributed by atoms with van der Waals surface area (Å²) in [5.74, 6) is -0.774. The van der Waals surface area contributed by atoms with Crippen molar-refractivity contribution in [3.63, 3.8) is 0 Å². The van der Waals surface area contributed by atoms with Crippen molar-refractivity contribution in [3.05, 3.63) is 28.8 Å². The van der Waals surface area contributed by atoms with Crippen molar-refractivity contribution in [1.82, 2.24) is 4.98 Å². The molecule has 0 radical (unpaired) electrons. The van der Waals surface area contributed by atoms with Crippen LogP contribution in [0.3, 0.4) is 0 Å². The standard InChI is InChI=1S/C10H6ClFN2O/c11-6-1-8(9(12)14-4-6)10(5-13)2-7(15)3-10/h1,4H,2-3H2. The number of pyridine rings is 1. The summed E-state index contributed by atoms with van der Waals surface area (Å²) in [5.41, 5.74) is -0.934. The van der Waals surface area contributed by atoms with Crippen LogP contribution in [-0.2, 0) is 10.2 Å². The molecule has 1 aliphatic carbocycles. The second-order valence-corrected chi connectivity index (χ2v) is 4.01. The zero-order valence-electron chi connectivity index (χ0n) is 7.63. The van der Waals surface area contributed by atoms with E-state index in [1.165, 1.54) is 12.3 Å². The number of carbonyl (C=O) groups excluding carboxylic acids is 1. The monoisotopic (exact) mass is 224 g/mol. The van der Waals surface area contributed by atoms with E-state index >= 15 is 0 Å². The molecule has 0 N–H and O–H groups in total. The molecule has 15 heavy (non-hydrogen) atoms. The van der Waals surface area contributed by atoms with Crippen LogP contribution in [-0.4, -0.2) is 10.8 Å². The molecule has 1 aliphatic rings. The molecule has 0 bridgehead atoms. The maximum Gasteiger partial charge on any atom is 0.217 e. The maximum atomic E-state index is 13.4. The number of aromatic nitrogens is 1. The van der Waals surface area contributed by atoms with E-state index in [9.17, 15) is 9.18 Å². The lowest BCUT2D eigenvalue weighted by atomic mass is 9.65. The van der Waals surface area contributed by atoms with Gasteiger partial charge in [-0.05, 0) is 6.07 Å². The van der Waals surface area contributed by atoms with Gasteiger partial charge in [0.1, 0.15) is 11.2 Å². The molecular weight excluding hydrogens is 219 g/mol. The smallest absolute Gasteiger partial charge is 0.217 e. The highest BCUT2D eigenvalue weighted by atomic mass is 35.5. The molecule has 1 aromatic heterocycles. The summed E-state index contributed by atoms with van der Waals surface area (Å²) in [6, 6.07) is 3.33. The Kier molecular flexibility index (Phi) is 2.20. The van der Waals surface area contributed by atoms with Gasteiger partial charge in [-0.25, -0.2) is 4.98 Å². The van der Waals surface area contributed by atoms with Gasteiger partial charge in [-0.1, -0.05) is 11.6 Å². The van der Waals surface area contributed by atoms with E-state index < -0.39 is 11.4 Å². The Hall–Kier alpha value is -1.47.